The fourth-order valence-corrected chi connectivity index (χ4v) is 4.85. The maximum Gasteiger partial charge on any atom is 0.280 e. The maximum atomic E-state index is 12.4. The van der Waals surface area contributed by atoms with Crippen molar-refractivity contribution < 1.29 is 12.9 Å². The number of allylic oxidation sites excluding steroid dienone is 7. The predicted octanol–water partition coefficient (Wildman–Crippen LogP) is 4.67. The Kier molecular flexibility index (Phi) is 7.66. The zero-order chi connectivity index (χ0) is 21.7. The van der Waals surface area contributed by atoms with Crippen molar-refractivity contribution in [3.05, 3.63) is 62.0 Å². The molecule has 0 saturated heterocycles. The van der Waals surface area contributed by atoms with Gasteiger partial charge in [0, 0.05) is 0 Å². The van der Waals surface area contributed by atoms with Crippen LogP contribution in [0, 0.1) is 5.41 Å². The first-order valence-corrected chi connectivity index (χ1v) is 11.4. The summed E-state index contributed by atoms with van der Waals surface area (Å²) in [7, 11) is -1.96. The minimum Gasteiger partial charge on any atom is -0.379 e. The molecule has 7 heteroatoms. The molecule has 0 bridgehead atoms. The molecule has 29 heavy (non-hydrogen) atoms. The third-order valence-electron chi connectivity index (χ3n) is 5.28. The minimum absolute atomic E-state index is 0.173. The maximum absolute atomic E-state index is 12.4. The summed E-state index contributed by atoms with van der Waals surface area (Å²) in [6, 6.07) is 1.42. The highest BCUT2D eigenvalue weighted by Crippen LogP contribution is 2.42. The molecule has 2 rings (SSSR count). The molecule has 6 nitrogen and oxygen atoms in total. The highest BCUT2D eigenvalue weighted by Gasteiger charge is 2.33. The zero-order valence-electron chi connectivity index (χ0n) is 18.0. The number of hydrogen-bond donors (Lipinski definition) is 2. The van der Waals surface area contributed by atoms with Crippen molar-refractivity contribution in [1.82, 2.24) is 9.88 Å². The molecule has 1 aromatic rings. The summed E-state index contributed by atoms with van der Waals surface area (Å²) in [5.41, 5.74) is 2.67. The molecule has 1 heterocycles. The van der Waals surface area contributed by atoms with Gasteiger partial charge in [0.1, 0.15) is 0 Å². The molecule has 2 N–H and O–H groups in total. The first-order chi connectivity index (χ1) is 13.5. The molecule has 0 radical (unpaired) electrons. The molecule has 0 fully saturated rings. The van der Waals surface area contributed by atoms with E-state index in [0.29, 0.717) is 17.1 Å². The van der Waals surface area contributed by atoms with E-state index < -0.39 is 10.0 Å². The lowest BCUT2D eigenvalue weighted by atomic mass is 9.75. The van der Waals surface area contributed by atoms with Crippen molar-refractivity contribution in [1.29, 1.82) is 0 Å². The fraction of sp³-hybridized carbons (Fsp3) is 0.500. The summed E-state index contributed by atoms with van der Waals surface area (Å²) in [5, 5.41) is 2.27. The number of sulfonamides is 1. The lowest BCUT2D eigenvalue weighted by molar-refractivity contribution is 0.381. The number of hydrogen-bond acceptors (Lipinski definition) is 4. The summed E-state index contributed by atoms with van der Waals surface area (Å²) in [5.74, 6) is 0.526. The lowest BCUT2D eigenvalue weighted by Gasteiger charge is -2.33. The van der Waals surface area contributed by atoms with Crippen LogP contribution in [0.3, 0.4) is 0 Å². The van der Waals surface area contributed by atoms with Gasteiger partial charge in [-0.3, -0.25) is 4.79 Å². The molecule has 0 aliphatic heterocycles. The number of rotatable bonds is 8. The minimum atomic E-state index is -3.43. The van der Waals surface area contributed by atoms with Crippen molar-refractivity contribution in [3.63, 3.8) is 0 Å². The molecule has 0 spiro atoms. The number of aromatic nitrogens is 1. The summed E-state index contributed by atoms with van der Waals surface area (Å²) in [6.45, 7) is 8.22. The van der Waals surface area contributed by atoms with E-state index in [0.717, 1.165) is 42.4 Å². The van der Waals surface area contributed by atoms with E-state index in [1.807, 2.05) is 32.1 Å². The van der Waals surface area contributed by atoms with Gasteiger partial charge in [-0.15, -0.1) is 0 Å². The van der Waals surface area contributed by atoms with E-state index in [9.17, 15) is 13.2 Å². The molecule has 0 saturated carbocycles. The molecule has 0 amide bonds. The second-order valence-electron chi connectivity index (χ2n) is 8.21. The van der Waals surface area contributed by atoms with Gasteiger partial charge in [-0.05, 0) is 70.1 Å². The molecular weight excluding hydrogens is 388 g/mol. The summed E-state index contributed by atoms with van der Waals surface area (Å²) < 4.78 is 32.4. The Morgan fingerprint density at radius 2 is 2.07 bits per heavy atom. The van der Waals surface area contributed by atoms with Crippen LogP contribution in [0.2, 0.25) is 0 Å². The van der Waals surface area contributed by atoms with Crippen molar-refractivity contribution in [2.75, 3.05) is 7.05 Å². The van der Waals surface area contributed by atoms with Crippen molar-refractivity contribution in [2.24, 2.45) is 5.41 Å². The largest absolute Gasteiger partial charge is 0.379 e. The lowest BCUT2D eigenvalue weighted by Crippen LogP contribution is -2.28. The van der Waals surface area contributed by atoms with Gasteiger partial charge in [-0.2, -0.15) is 5.16 Å². The summed E-state index contributed by atoms with van der Waals surface area (Å²) in [6.07, 6.45) is 12.0. The Hall–Kier alpha value is -2.12. The van der Waals surface area contributed by atoms with Crippen LogP contribution in [-0.4, -0.2) is 20.6 Å². The van der Waals surface area contributed by atoms with Crippen molar-refractivity contribution >= 4 is 16.1 Å². The Morgan fingerprint density at radius 1 is 1.34 bits per heavy atom. The van der Waals surface area contributed by atoms with Gasteiger partial charge in [0.05, 0.1) is 11.0 Å². The van der Waals surface area contributed by atoms with Gasteiger partial charge in [-0.1, -0.05) is 43.2 Å². The van der Waals surface area contributed by atoms with Gasteiger partial charge in [0.25, 0.3) is 5.56 Å². The molecule has 0 aromatic carbocycles. The number of H-pyrrole nitrogens is 1. The Labute approximate surface area is 173 Å². The third-order valence-corrected chi connectivity index (χ3v) is 6.89. The van der Waals surface area contributed by atoms with E-state index in [1.54, 1.807) is 0 Å². The van der Waals surface area contributed by atoms with Crippen LogP contribution in [0.15, 0.2) is 55.2 Å². The second kappa shape index (κ2) is 9.59. The molecular formula is C22H32N2O4S. The first kappa shape index (κ1) is 23.2. The molecule has 1 aliphatic carbocycles. The Balaban J connectivity index is 2.11. The molecule has 160 valence electrons. The van der Waals surface area contributed by atoms with Crippen LogP contribution in [0.5, 0.6) is 0 Å². The quantitative estimate of drug-likeness (QED) is 0.598. The first-order valence-electron chi connectivity index (χ1n) is 9.93. The van der Waals surface area contributed by atoms with Crippen LogP contribution in [0.4, 0.5) is 0 Å². The van der Waals surface area contributed by atoms with E-state index in [2.05, 4.69) is 29.8 Å². The zero-order valence-corrected chi connectivity index (χ0v) is 18.8. The predicted molar refractivity (Wildman–Crippen MR) is 118 cm³/mol. The SMILES string of the molecule is CNS(=O)(=O)C1=C(/C=C/C(C)=C/CC/C(C)=C/c2cc(=O)[nH]o2)C(C)(C)CCC1. The van der Waals surface area contributed by atoms with Gasteiger partial charge >= 0.3 is 0 Å². The molecule has 0 unspecified atom stereocenters. The second-order valence-corrected chi connectivity index (χ2v) is 10.1. The highest BCUT2D eigenvalue weighted by molar-refractivity contribution is 7.93. The van der Waals surface area contributed by atoms with Crippen molar-refractivity contribution in [3.8, 4) is 0 Å². The number of nitrogens with one attached hydrogen (secondary N) is 2. The Morgan fingerprint density at radius 3 is 2.69 bits per heavy atom. The van der Waals surface area contributed by atoms with Gasteiger partial charge < -0.3 is 4.52 Å². The standard InChI is InChI=1S/C22H32N2O4S/c1-16(8-6-9-17(2)14-18-15-21(25)24-28-18)11-12-19-20(29(26,27)23-5)10-7-13-22(19,3)4/h8,11-12,14-15,23H,6-7,9-10,13H2,1-5H3,(H,24,25)/b12-11+,16-8+,17-14+. The Bertz CT molecular complexity index is 1000. The monoisotopic (exact) mass is 420 g/mol. The van der Waals surface area contributed by atoms with Crippen molar-refractivity contribution in [2.45, 2.75) is 59.8 Å². The third kappa shape index (κ3) is 6.44. The van der Waals surface area contributed by atoms with Crippen LogP contribution < -0.4 is 10.3 Å². The average molecular weight is 421 g/mol. The van der Waals surface area contributed by atoms with E-state index >= 15 is 0 Å². The van der Waals surface area contributed by atoms with E-state index in [1.165, 1.54) is 13.1 Å². The highest BCUT2D eigenvalue weighted by atomic mass is 32.2. The van der Waals surface area contributed by atoms with Crippen LogP contribution in [-0.2, 0) is 10.0 Å². The molecule has 0 atom stereocenters. The van der Waals surface area contributed by atoms with Crippen LogP contribution >= 0.6 is 0 Å². The number of aromatic amines is 1. The molecule has 1 aromatic heterocycles. The van der Waals surface area contributed by atoms with Crippen LogP contribution in [0.25, 0.3) is 6.08 Å². The smallest absolute Gasteiger partial charge is 0.280 e. The fourth-order valence-electron chi connectivity index (χ4n) is 3.55. The van der Waals surface area contributed by atoms with E-state index in [-0.39, 0.29) is 11.0 Å². The summed E-state index contributed by atoms with van der Waals surface area (Å²) in [4.78, 5) is 11.6. The van der Waals surface area contributed by atoms with Gasteiger partial charge in [-0.25, -0.2) is 13.1 Å². The average Bonchev–Trinajstić information content (AvgIpc) is 3.04. The van der Waals surface area contributed by atoms with E-state index in [4.69, 9.17) is 4.52 Å². The normalized spacial score (nSPS) is 18.7. The van der Waals surface area contributed by atoms with Gasteiger partial charge in [0.15, 0.2) is 5.76 Å². The molecule has 1 aliphatic rings. The summed E-state index contributed by atoms with van der Waals surface area (Å²) >= 11 is 0. The van der Waals surface area contributed by atoms with Gasteiger partial charge in [0.2, 0.25) is 10.0 Å². The topological polar surface area (TPSA) is 92.2 Å². The van der Waals surface area contributed by atoms with Crippen LogP contribution in [0.1, 0.15) is 65.6 Å².